The lowest BCUT2D eigenvalue weighted by Gasteiger charge is -2.15. The van der Waals surface area contributed by atoms with E-state index < -0.39 is 0 Å². The molecule has 0 aliphatic rings. The Bertz CT molecular complexity index is 334. The van der Waals surface area contributed by atoms with Gasteiger partial charge in [0.25, 0.3) is 0 Å². The van der Waals surface area contributed by atoms with Gasteiger partial charge < -0.3 is 10.1 Å². The Morgan fingerprint density at radius 2 is 1.80 bits per heavy atom. The molecule has 0 aliphatic heterocycles. The maximum Gasteiger partial charge on any atom is 0.119 e. The van der Waals surface area contributed by atoms with E-state index in [9.17, 15) is 0 Å². The number of rotatable bonds is 11. The highest BCUT2D eigenvalue weighted by molar-refractivity contribution is 5.27. The summed E-state index contributed by atoms with van der Waals surface area (Å²) in [6.07, 6.45) is 7.20. The van der Waals surface area contributed by atoms with Crippen LogP contribution in [0.3, 0.4) is 0 Å². The molecule has 0 radical (unpaired) electrons. The maximum atomic E-state index is 5.81. The summed E-state index contributed by atoms with van der Waals surface area (Å²) in [4.78, 5) is 0. The molecule has 20 heavy (non-hydrogen) atoms. The summed E-state index contributed by atoms with van der Waals surface area (Å²) in [5.74, 6) is 1.00. The lowest BCUT2D eigenvalue weighted by molar-refractivity contribution is 0.295. The van der Waals surface area contributed by atoms with Crippen LogP contribution in [0.15, 0.2) is 24.3 Å². The first-order valence-electron chi connectivity index (χ1n) is 8.25. The van der Waals surface area contributed by atoms with Crippen molar-refractivity contribution in [3.63, 3.8) is 0 Å². The van der Waals surface area contributed by atoms with Gasteiger partial charge in [0.1, 0.15) is 5.75 Å². The predicted molar refractivity (Wildman–Crippen MR) is 87.5 cm³/mol. The van der Waals surface area contributed by atoms with Crippen molar-refractivity contribution in [1.29, 1.82) is 0 Å². The van der Waals surface area contributed by atoms with E-state index in [0.717, 1.165) is 25.3 Å². The molecule has 2 nitrogen and oxygen atoms in total. The smallest absolute Gasteiger partial charge is 0.119 e. The molecule has 1 rings (SSSR count). The third-order valence-corrected chi connectivity index (χ3v) is 3.69. The third-order valence-electron chi connectivity index (χ3n) is 3.69. The van der Waals surface area contributed by atoms with Crippen LogP contribution in [0.2, 0.25) is 0 Å². The van der Waals surface area contributed by atoms with E-state index in [1.165, 1.54) is 37.7 Å². The Kier molecular flexibility index (Phi) is 9.14. The zero-order chi connectivity index (χ0) is 14.6. The number of hydrogen-bond donors (Lipinski definition) is 1. The fraction of sp³-hybridized carbons (Fsp3) is 0.667. The highest BCUT2D eigenvalue weighted by Crippen LogP contribution is 2.14. The minimum atomic E-state index is 0.639. The van der Waals surface area contributed by atoms with E-state index >= 15 is 0 Å². The molecule has 0 spiro atoms. The molecule has 0 bridgehead atoms. The summed E-state index contributed by atoms with van der Waals surface area (Å²) in [6, 6.07) is 9.23. The van der Waals surface area contributed by atoms with Crippen molar-refractivity contribution >= 4 is 0 Å². The highest BCUT2D eigenvalue weighted by atomic mass is 16.5. The second-order valence-corrected chi connectivity index (χ2v) is 5.40. The summed E-state index contributed by atoms with van der Waals surface area (Å²) in [5, 5.41) is 3.50. The standard InChI is InChI=1S/C18H31NO/c1-4-7-9-16-11-13-18(14-12-16)20-15-8-10-17(5-2)19-6-3/h11-14,17,19H,4-10,15H2,1-3H3. The van der Waals surface area contributed by atoms with Crippen molar-refractivity contribution in [3.8, 4) is 5.75 Å². The Morgan fingerprint density at radius 3 is 2.40 bits per heavy atom. The van der Waals surface area contributed by atoms with Crippen molar-refractivity contribution in [3.05, 3.63) is 29.8 Å². The Hall–Kier alpha value is -1.02. The van der Waals surface area contributed by atoms with Gasteiger partial charge in [-0.3, -0.25) is 0 Å². The average molecular weight is 277 g/mol. The van der Waals surface area contributed by atoms with E-state index in [-0.39, 0.29) is 0 Å². The topological polar surface area (TPSA) is 21.3 Å². The van der Waals surface area contributed by atoms with Crippen LogP contribution in [-0.2, 0) is 6.42 Å². The number of hydrogen-bond acceptors (Lipinski definition) is 2. The molecule has 0 saturated carbocycles. The van der Waals surface area contributed by atoms with Gasteiger partial charge in [0.05, 0.1) is 6.61 Å². The first-order valence-corrected chi connectivity index (χ1v) is 8.25. The van der Waals surface area contributed by atoms with Crippen molar-refractivity contribution in [2.45, 2.75) is 65.3 Å². The number of nitrogens with one attached hydrogen (secondary N) is 1. The second-order valence-electron chi connectivity index (χ2n) is 5.40. The zero-order valence-corrected chi connectivity index (χ0v) is 13.5. The van der Waals surface area contributed by atoms with Gasteiger partial charge >= 0.3 is 0 Å². The summed E-state index contributed by atoms with van der Waals surface area (Å²) in [6.45, 7) is 8.51. The summed E-state index contributed by atoms with van der Waals surface area (Å²) in [7, 11) is 0. The molecule has 0 saturated heterocycles. The second kappa shape index (κ2) is 10.7. The molecule has 114 valence electrons. The molecule has 1 atom stereocenters. The van der Waals surface area contributed by atoms with Crippen molar-refractivity contribution in [1.82, 2.24) is 5.32 Å². The summed E-state index contributed by atoms with van der Waals surface area (Å²) < 4.78 is 5.81. The molecule has 0 aromatic heterocycles. The highest BCUT2D eigenvalue weighted by Gasteiger charge is 2.03. The average Bonchev–Trinajstić information content (AvgIpc) is 2.49. The van der Waals surface area contributed by atoms with Gasteiger partial charge in [-0.1, -0.05) is 39.3 Å². The Balaban J connectivity index is 2.21. The fourth-order valence-electron chi connectivity index (χ4n) is 2.39. The van der Waals surface area contributed by atoms with Gasteiger partial charge in [-0.05, 0) is 56.3 Å². The molecule has 0 amide bonds. The molecule has 1 aromatic carbocycles. The number of ether oxygens (including phenoxy) is 1. The summed E-state index contributed by atoms with van der Waals surface area (Å²) >= 11 is 0. The van der Waals surface area contributed by atoms with Crippen LogP contribution in [-0.4, -0.2) is 19.2 Å². The van der Waals surface area contributed by atoms with E-state index in [1.807, 2.05) is 0 Å². The first kappa shape index (κ1) is 17.0. The minimum absolute atomic E-state index is 0.639. The molecule has 0 aliphatic carbocycles. The first-order chi connectivity index (χ1) is 9.80. The maximum absolute atomic E-state index is 5.81. The van der Waals surface area contributed by atoms with Crippen molar-refractivity contribution in [2.24, 2.45) is 0 Å². The molecule has 1 unspecified atom stereocenters. The van der Waals surface area contributed by atoms with Gasteiger partial charge in [0.2, 0.25) is 0 Å². The molecule has 0 heterocycles. The van der Waals surface area contributed by atoms with Crippen molar-refractivity contribution in [2.75, 3.05) is 13.2 Å². The quantitative estimate of drug-likeness (QED) is 0.598. The van der Waals surface area contributed by atoms with Gasteiger partial charge in [-0.25, -0.2) is 0 Å². The number of unbranched alkanes of at least 4 members (excludes halogenated alkanes) is 1. The molecule has 0 fully saturated rings. The molecule has 1 N–H and O–H groups in total. The lowest BCUT2D eigenvalue weighted by atomic mass is 10.1. The predicted octanol–water partition coefficient (Wildman–Crippen LogP) is 4.58. The van der Waals surface area contributed by atoms with Crippen LogP contribution < -0.4 is 10.1 Å². The van der Waals surface area contributed by atoms with Crippen molar-refractivity contribution < 1.29 is 4.74 Å². The molecular formula is C18H31NO. The van der Waals surface area contributed by atoms with Crippen LogP contribution >= 0.6 is 0 Å². The Labute approximate surface area is 124 Å². The Morgan fingerprint density at radius 1 is 1.05 bits per heavy atom. The zero-order valence-electron chi connectivity index (χ0n) is 13.5. The number of benzene rings is 1. The van der Waals surface area contributed by atoms with Gasteiger partial charge in [0, 0.05) is 6.04 Å². The summed E-state index contributed by atoms with van der Waals surface area (Å²) in [5.41, 5.74) is 1.41. The molecule has 2 heteroatoms. The van der Waals surface area contributed by atoms with E-state index in [4.69, 9.17) is 4.74 Å². The van der Waals surface area contributed by atoms with Gasteiger partial charge in [0.15, 0.2) is 0 Å². The van der Waals surface area contributed by atoms with Crippen LogP contribution in [0.25, 0.3) is 0 Å². The van der Waals surface area contributed by atoms with Crippen LogP contribution in [0.4, 0.5) is 0 Å². The van der Waals surface area contributed by atoms with E-state index in [0.29, 0.717) is 6.04 Å². The monoisotopic (exact) mass is 277 g/mol. The lowest BCUT2D eigenvalue weighted by Crippen LogP contribution is -2.28. The van der Waals surface area contributed by atoms with Crippen LogP contribution in [0.1, 0.15) is 58.4 Å². The largest absolute Gasteiger partial charge is 0.494 e. The van der Waals surface area contributed by atoms with Gasteiger partial charge in [-0.15, -0.1) is 0 Å². The minimum Gasteiger partial charge on any atom is -0.494 e. The van der Waals surface area contributed by atoms with E-state index in [1.54, 1.807) is 0 Å². The fourth-order valence-corrected chi connectivity index (χ4v) is 2.39. The van der Waals surface area contributed by atoms with Gasteiger partial charge in [-0.2, -0.15) is 0 Å². The SMILES string of the molecule is CCCCc1ccc(OCCCC(CC)NCC)cc1. The van der Waals surface area contributed by atoms with E-state index in [2.05, 4.69) is 50.4 Å². The van der Waals surface area contributed by atoms with Crippen LogP contribution in [0, 0.1) is 0 Å². The third kappa shape index (κ3) is 6.95. The molecule has 1 aromatic rings. The molecular weight excluding hydrogens is 246 g/mol. The van der Waals surface area contributed by atoms with Crippen LogP contribution in [0.5, 0.6) is 5.75 Å². The normalized spacial score (nSPS) is 12.3. The number of aryl methyl sites for hydroxylation is 1.